The van der Waals surface area contributed by atoms with Gasteiger partial charge in [-0.05, 0) is 43.2 Å². The molecule has 0 bridgehead atoms. The Hall–Kier alpha value is -0.0500. The van der Waals surface area contributed by atoms with Gasteiger partial charge in [0.2, 0.25) is 0 Å². The molecule has 3 heteroatoms. The molecule has 1 aromatic heterocycles. The van der Waals surface area contributed by atoms with Gasteiger partial charge in [0, 0.05) is 4.88 Å². The minimum atomic E-state index is -0.133. The van der Waals surface area contributed by atoms with Crippen molar-refractivity contribution in [2.45, 2.75) is 51.5 Å². The van der Waals surface area contributed by atoms with Crippen molar-refractivity contribution in [2.75, 3.05) is 0 Å². The molecule has 1 atom stereocenters. The van der Waals surface area contributed by atoms with Crippen molar-refractivity contribution in [1.82, 2.24) is 0 Å². The first kappa shape index (κ1) is 12.4. The first-order chi connectivity index (χ1) is 7.41. The van der Waals surface area contributed by atoms with Crippen LogP contribution in [0.4, 0.5) is 0 Å². The zero-order chi connectivity index (χ0) is 11.8. The highest BCUT2D eigenvalue weighted by atomic mass is 35.5. The predicted molar refractivity (Wildman–Crippen MR) is 72.1 cm³/mol. The van der Waals surface area contributed by atoms with Crippen molar-refractivity contribution >= 4 is 22.9 Å². The summed E-state index contributed by atoms with van der Waals surface area (Å²) in [5.74, 6) is 0. The SMILES string of the molecule is CC1(C)CCCC(N)(c2ccc(Cl)s2)CC1. The van der Waals surface area contributed by atoms with E-state index < -0.39 is 0 Å². The number of hydrogen-bond donors (Lipinski definition) is 1. The second kappa shape index (κ2) is 4.32. The summed E-state index contributed by atoms with van der Waals surface area (Å²) in [7, 11) is 0. The summed E-state index contributed by atoms with van der Waals surface area (Å²) in [6, 6.07) is 4.07. The van der Waals surface area contributed by atoms with E-state index in [1.165, 1.54) is 24.1 Å². The fourth-order valence-corrected chi connectivity index (χ4v) is 3.72. The van der Waals surface area contributed by atoms with Crippen LogP contribution in [0.25, 0.3) is 0 Å². The van der Waals surface area contributed by atoms with Gasteiger partial charge in [-0.3, -0.25) is 0 Å². The molecule has 1 aromatic rings. The summed E-state index contributed by atoms with van der Waals surface area (Å²) in [5, 5.41) is 0. The van der Waals surface area contributed by atoms with Gasteiger partial charge in [-0.15, -0.1) is 11.3 Å². The van der Waals surface area contributed by atoms with Gasteiger partial charge in [-0.1, -0.05) is 31.9 Å². The monoisotopic (exact) mass is 257 g/mol. The Morgan fingerprint density at radius 1 is 1.19 bits per heavy atom. The number of rotatable bonds is 1. The third-order valence-electron chi connectivity index (χ3n) is 3.79. The second-order valence-electron chi connectivity index (χ2n) is 5.78. The molecule has 1 fully saturated rings. The maximum atomic E-state index is 6.57. The van der Waals surface area contributed by atoms with Crippen LogP contribution in [0.3, 0.4) is 0 Å². The van der Waals surface area contributed by atoms with Gasteiger partial charge < -0.3 is 5.73 Å². The van der Waals surface area contributed by atoms with Gasteiger partial charge >= 0.3 is 0 Å². The highest BCUT2D eigenvalue weighted by Gasteiger charge is 2.34. The predicted octanol–water partition coefficient (Wildman–Crippen LogP) is 4.55. The van der Waals surface area contributed by atoms with E-state index in [9.17, 15) is 0 Å². The van der Waals surface area contributed by atoms with Crippen molar-refractivity contribution < 1.29 is 0 Å². The Kier molecular flexibility index (Phi) is 3.35. The molecule has 0 aromatic carbocycles. The summed E-state index contributed by atoms with van der Waals surface area (Å²) < 4.78 is 0.850. The first-order valence-corrected chi connectivity index (χ1v) is 7.16. The molecule has 2 rings (SSSR count). The molecule has 0 radical (unpaired) electrons. The van der Waals surface area contributed by atoms with Crippen LogP contribution in [0.5, 0.6) is 0 Å². The Morgan fingerprint density at radius 3 is 2.56 bits per heavy atom. The Balaban J connectivity index is 2.19. The minimum Gasteiger partial charge on any atom is -0.321 e. The molecule has 0 aliphatic heterocycles. The molecule has 0 amide bonds. The lowest BCUT2D eigenvalue weighted by Gasteiger charge is -2.28. The molecule has 2 N–H and O–H groups in total. The van der Waals surface area contributed by atoms with E-state index in [2.05, 4.69) is 19.9 Å². The van der Waals surface area contributed by atoms with Gasteiger partial charge in [-0.2, -0.15) is 0 Å². The lowest BCUT2D eigenvalue weighted by molar-refractivity contribution is 0.300. The summed E-state index contributed by atoms with van der Waals surface area (Å²) in [5.41, 5.74) is 6.88. The van der Waals surface area contributed by atoms with Crippen LogP contribution >= 0.6 is 22.9 Å². The van der Waals surface area contributed by atoms with Gasteiger partial charge in [0.15, 0.2) is 0 Å². The van der Waals surface area contributed by atoms with E-state index in [0.29, 0.717) is 5.41 Å². The van der Waals surface area contributed by atoms with Crippen LogP contribution in [0, 0.1) is 5.41 Å². The molecule has 0 saturated heterocycles. The van der Waals surface area contributed by atoms with Gasteiger partial charge in [-0.25, -0.2) is 0 Å². The standard InChI is InChI=1S/C13H20ClNS/c1-12(2)6-3-7-13(15,9-8-12)10-4-5-11(14)16-10/h4-5H,3,6-9,15H2,1-2H3. The van der Waals surface area contributed by atoms with E-state index in [-0.39, 0.29) is 5.54 Å². The Bertz CT molecular complexity index is 372. The summed E-state index contributed by atoms with van der Waals surface area (Å²) in [4.78, 5) is 1.26. The quantitative estimate of drug-likeness (QED) is 0.734. The molecule has 1 unspecified atom stereocenters. The number of thiophene rings is 1. The molecule has 1 nitrogen and oxygen atoms in total. The molecular weight excluding hydrogens is 238 g/mol. The van der Waals surface area contributed by atoms with E-state index in [4.69, 9.17) is 17.3 Å². The van der Waals surface area contributed by atoms with Crippen molar-refractivity contribution in [3.63, 3.8) is 0 Å². The third kappa shape index (κ3) is 2.61. The Labute approximate surface area is 107 Å². The third-order valence-corrected chi connectivity index (χ3v) is 5.24. The van der Waals surface area contributed by atoms with Crippen molar-refractivity contribution in [3.05, 3.63) is 21.3 Å². The molecule has 90 valence electrons. The van der Waals surface area contributed by atoms with Crippen LogP contribution in [0.2, 0.25) is 4.34 Å². The molecule has 0 spiro atoms. The maximum absolute atomic E-state index is 6.57. The fourth-order valence-electron chi connectivity index (χ4n) is 2.52. The second-order valence-corrected chi connectivity index (χ2v) is 7.49. The molecule has 16 heavy (non-hydrogen) atoms. The average Bonchev–Trinajstić information content (AvgIpc) is 2.57. The zero-order valence-electron chi connectivity index (χ0n) is 10.1. The van der Waals surface area contributed by atoms with Crippen molar-refractivity contribution in [1.29, 1.82) is 0 Å². The summed E-state index contributed by atoms with van der Waals surface area (Å²) in [6.07, 6.45) is 5.88. The van der Waals surface area contributed by atoms with E-state index in [1.54, 1.807) is 11.3 Å². The minimum absolute atomic E-state index is 0.133. The topological polar surface area (TPSA) is 26.0 Å². The number of nitrogens with two attached hydrogens (primary N) is 1. The van der Waals surface area contributed by atoms with Crippen LogP contribution in [-0.2, 0) is 5.54 Å². The van der Waals surface area contributed by atoms with Crippen molar-refractivity contribution in [2.24, 2.45) is 11.1 Å². The van der Waals surface area contributed by atoms with Crippen LogP contribution in [0.1, 0.15) is 50.8 Å². The molecule has 1 heterocycles. The molecule has 1 aliphatic rings. The zero-order valence-corrected chi connectivity index (χ0v) is 11.6. The van der Waals surface area contributed by atoms with Gasteiger partial charge in [0.25, 0.3) is 0 Å². The van der Waals surface area contributed by atoms with Crippen LogP contribution in [-0.4, -0.2) is 0 Å². The highest BCUT2D eigenvalue weighted by Crippen LogP contribution is 2.43. The normalized spacial score (nSPS) is 30.0. The lowest BCUT2D eigenvalue weighted by Crippen LogP contribution is -2.35. The fraction of sp³-hybridized carbons (Fsp3) is 0.692. The van der Waals surface area contributed by atoms with Crippen LogP contribution < -0.4 is 5.73 Å². The summed E-state index contributed by atoms with van der Waals surface area (Å²) >= 11 is 7.64. The first-order valence-electron chi connectivity index (χ1n) is 5.96. The molecule has 1 saturated carbocycles. The number of hydrogen-bond acceptors (Lipinski definition) is 2. The molecule has 1 aliphatic carbocycles. The van der Waals surface area contributed by atoms with E-state index in [0.717, 1.165) is 17.2 Å². The summed E-state index contributed by atoms with van der Waals surface area (Å²) in [6.45, 7) is 4.69. The lowest BCUT2D eigenvalue weighted by atomic mass is 9.83. The Morgan fingerprint density at radius 2 is 1.94 bits per heavy atom. The van der Waals surface area contributed by atoms with E-state index >= 15 is 0 Å². The molecular formula is C13H20ClNS. The highest BCUT2D eigenvalue weighted by molar-refractivity contribution is 7.16. The maximum Gasteiger partial charge on any atom is 0.0931 e. The van der Waals surface area contributed by atoms with Crippen LogP contribution in [0.15, 0.2) is 12.1 Å². The van der Waals surface area contributed by atoms with E-state index in [1.807, 2.05) is 6.07 Å². The largest absolute Gasteiger partial charge is 0.321 e. The average molecular weight is 258 g/mol. The van der Waals surface area contributed by atoms with Gasteiger partial charge in [0.1, 0.15) is 0 Å². The van der Waals surface area contributed by atoms with Crippen molar-refractivity contribution in [3.8, 4) is 0 Å². The number of halogens is 1. The smallest absolute Gasteiger partial charge is 0.0931 e. The van der Waals surface area contributed by atoms with Gasteiger partial charge in [0.05, 0.1) is 9.88 Å².